The smallest absolute Gasteiger partial charge is 0.224 e. The molecule has 5 nitrogen and oxygen atoms in total. The van der Waals surface area contributed by atoms with Gasteiger partial charge in [0.15, 0.2) is 0 Å². The number of nitrogens with two attached hydrogens (primary N) is 1. The van der Waals surface area contributed by atoms with Crippen LogP contribution in [0.3, 0.4) is 0 Å². The Kier molecular flexibility index (Phi) is 7.79. The van der Waals surface area contributed by atoms with Crippen molar-refractivity contribution in [2.45, 2.75) is 32.7 Å². The fourth-order valence-corrected chi connectivity index (χ4v) is 2.32. The maximum Gasteiger partial charge on any atom is 0.224 e. The SMILES string of the molecule is CCN(CCCC(=O)Nc1cccc(N)c1)C(C)COC. The van der Waals surface area contributed by atoms with E-state index in [1.54, 1.807) is 19.2 Å². The third-order valence-electron chi connectivity index (χ3n) is 3.46. The van der Waals surface area contributed by atoms with Gasteiger partial charge < -0.3 is 15.8 Å². The van der Waals surface area contributed by atoms with E-state index in [1.807, 2.05) is 12.1 Å². The number of carbonyl (C=O) groups is 1. The minimum atomic E-state index is 0.0241. The zero-order valence-electron chi connectivity index (χ0n) is 13.3. The monoisotopic (exact) mass is 293 g/mol. The van der Waals surface area contributed by atoms with Gasteiger partial charge in [0.2, 0.25) is 5.91 Å². The zero-order chi connectivity index (χ0) is 15.7. The summed E-state index contributed by atoms with van der Waals surface area (Å²) in [5.41, 5.74) is 7.09. The number of hydrogen-bond acceptors (Lipinski definition) is 4. The molecule has 0 fully saturated rings. The van der Waals surface area contributed by atoms with Gasteiger partial charge in [-0.3, -0.25) is 9.69 Å². The molecule has 0 aliphatic carbocycles. The van der Waals surface area contributed by atoms with Gasteiger partial charge in [-0.25, -0.2) is 0 Å². The van der Waals surface area contributed by atoms with Gasteiger partial charge in [0.1, 0.15) is 0 Å². The van der Waals surface area contributed by atoms with E-state index in [1.165, 1.54) is 0 Å². The molecule has 0 spiro atoms. The number of nitrogens with one attached hydrogen (secondary N) is 1. The van der Waals surface area contributed by atoms with Crippen LogP contribution in [0, 0.1) is 0 Å². The number of likely N-dealkylation sites (N-methyl/N-ethyl adjacent to an activating group) is 1. The number of methoxy groups -OCH3 is 1. The second kappa shape index (κ2) is 9.37. The minimum Gasteiger partial charge on any atom is -0.399 e. The Morgan fingerprint density at radius 1 is 1.48 bits per heavy atom. The Balaban J connectivity index is 2.32. The molecule has 1 aromatic carbocycles. The number of nitrogen functional groups attached to an aromatic ring is 1. The second-order valence-electron chi connectivity index (χ2n) is 5.21. The Morgan fingerprint density at radius 3 is 2.86 bits per heavy atom. The van der Waals surface area contributed by atoms with Gasteiger partial charge in [-0.05, 0) is 44.6 Å². The predicted molar refractivity (Wildman–Crippen MR) is 87.3 cm³/mol. The van der Waals surface area contributed by atoms with E-state index in [-0.39, 0.29) is 5.91 Å². The molecule has 5 heteroatoms. The fraction of sp³-hybridized carbons (Fsp3) is 0.562. The quantitative estimate of drug-likeness (QED) is 0.686. The number of hydrogen-bond donors (Lipinski definition) is 2. The number of ether oxygens (including phenoxy) is 1. The Labute approximate surface area is 127 Å². The van der Waals surface area contributed by atoms with Crippen LogP contribution in [0.15, 0.2) is 24.3 Å². The summed E-state index contributed by atoms with van der Waals surface area (Å²) >= 11 is 0. The summed E-state index contributed by atoms with van der Waals surface area (Å²) in [6.45, 7) is 6.83. The average molecular weight is 293 g/mol. The highest BCUT2D eigenvalue weighted by atomic mass is 16.5. The lowest BCUT2D eigenvalue weighted by Gasteiger charge is -2.27. The first-order valence-electron chi connectivity index (χ1n) is 7.45. The van der Waals surface area contributed by atoms with Gasteiger partial charge in [0, 0.05) is 30.9 Å². The van der Waals surface area contributed by atoms with Crippen LogP contribution in [0.2, 0.25) is 0 Å². The number of anilines is 2. The molecule has 1 aromatic rings. The molecule has 0 saturated heterocycles. The lowest BCUT2D eigenvalue weighted by Crippen LogP contribution is -2.37. The van der Waals surface area contributed by atoms with Gasteiger partial charge in [-0.2, -0.15) is 0 Å². The molecule has 0 aliphatic rings. The number of benzene rings is 1. The summed E-state index contributed by atoms with van der Waals surface area (Å²) in [6.07, 6.45) is 1.33. The Hall–Kier alpha value is -1.59. The number of carbonyl (C=O) groups excluding carboxylic acids is 1. The van der Waals surface area contributed by atoms with Crippen molar-refractivity contribution in [1.29, 1.82) is 0 Å². The van der Waals surface area contributed by atoms with Crippen molar-refractivity contribution in [3.8, 4) is 0 Å². The lowest BCUT2D eigenvalue weighted by molar-refractivity contribution is -0.116. The van der Waals surface area contributed by atoms with E-state index in [9.17, 15) is 4.79 Å². The van der Waals surface area contributed by atoms with Crippen molar-refractivity contribution >= 4 is 17.3 Å². The normalized spacial score (nSPS) is 12.4. The van der Waals surface area contributed by atoms with Crippen LogP contribution in [0.5, 0.6) is 0 Å². The van der Waals surface area contributed by atoms with Crippen LogP contribution in [0.4, 0.5) is 11.4 Å². The topological polar surface area (TPSA) is 67.6 Å². The van der Waals surface area contributed by atoms with Crippen molar-refractivity contribution in [1.82, 2.24) is 4.90 Å². The van der Waals surface area contributed by atoms with E-state index < -0.39 is 0 Å². The molecule has 1 unspecified atom stereocenters. The average Bonchev–Trinajstić information content (AvgIpc) is 2.43. The Morgan fingerprint density at radius 2 is 2.24 bits per heavy atom. The highest BCUT2D eigenvalue weighted by Gasteiger charge is 2.12. The Bertz CT molecular complexity index is 437. The summed E-state index contributed by atoms with van der Waals surface area (Å²) in [6, 6.07) is 7.60. The summed E-state index contributed by atoms with van der Waals surface area (Å²) in [5.74, 6) is 0.0241. The summed E-state index contributed by atoms with van der Waals surface area (Å²) < 4.78 is 5.17. The van der Waals surface area contributed by atoms with Crippen molar-refractivity contribution < 1.29 is 9.53 Å². The van der Waals surface area contributed by atoms with Gasteiger partial charge in [0.25, 0.3) is 0 Å². The number of rotatable bonds is 9. The van der Waals surface area contributed by atoms with E-state index in [2.05, 4.69) is 24.1 Å². The standard InChI is InChI=1S/C16H27N3O2/c1-4-19(13(2)12-21-3)10-6-9-16(20)18-15-8-5-7-14(17)11-15/h5,7-8,11,13H,4,6,9-10,12,17H2,1-3H3,(H,18,20). The largest absolute Gasteiger partial charge is 0.399 e. The van der Waals surface area contributed by atoms with Crippen LogP contribution in [0.25, 0.3) is 0 Å². The highest BCUT2D eigenvalue weighted by Crippen LogP contribution is 2.12. The highest BCUT2D eigenvalue weighted by molar-refractivity contribution is 5.91. The van der Waals surface area contributed by atoms with E-state index in [4.69, 9.17) is 10.5 Å². The minimum absolute atomic E-state index is 0.0241. The summed E-state index contributed by atoms with van der Waals surface area (Å²) in [7, 11) is 1.71. The van der Waals surface area contributed by atoms with Crippen LogP contribution >= 0.6 is 0 Å². The lowest BCUT2D eigenvalue weighted by atomic mass is 10.2. The molecule has 1 amide bonds. The van der Waals surface area contributed by atoms with Gasteiger partial charge >= 0.3 is 0 Å². The third kappa shape index (κ3) is 6.60. The molecule has 0 aliphatic heterocycles. The molecule has 0 aromatic heterocycles. The first kappa shape index (κ1) is 17.5. The summed E-state index contributed by atoms with van der Waals surface area (Å²) in [5, 5.41) is 2.87. The molecule has 0 bridgehead atoms. The molecule has 0 saturated carbocycles. The molecule has 3 N–H and O–H groups in total. The van der Waals surface area contributed by atoms with Crippen molar-refractivity contribution in [3.63, 3.8) is 0 Å². The fourth-order valence-electron chi connectivity index (χ4n) is 2.32. The van der Waals surface area contributed by atoms with Crippen molar-refractivity contribution in [2.75, 3.05) is 37.9 Å². The molecule has 1 rings (SSSR count). The molecule has 21 heavy (non-hydrogen) atoms. The molecule has 1 atom stereocenters. The molecule has 0 heterocycles. The molecule has 0 radical (unpaired) electrons. The van der Waals surface area contributed by atoms with Crippen LogP contribution in [-0.2, 0) is 9.53 Å². The molecule has 118 valence electrons. The van der Waals surface area contributed by atoms with Crippen LogP contribution < -0.4 is 11.1 Å². The molecular weight excluding hydrogens is 266 g/mol. The van der Waals surface area contributed by atoms with Gasteiger partial charge in [-0.1, -0.05) is 13.0 Å². The van der Waals surface area contributed by atoms with Crippen molar-refractivity contribution in [3.05, 3.63) is 24.3 Å². The number of nitrogens with zero attached hydrogens (tertiary/aromatic N) is 1. The second-order valence-corrected chi connectivity index (χ2v) is 5.21. The van der Waals surface area contributed by atoms with Gasteiger partial charge in [0.05, 0.1) is 6.61 Å². The van der Waals surface area contributed by atoms with E-state index in [0.717, 1.165) is 25.2 Å². The summed E-state index contributed by atoms with van der Waals surface area (Å²) in [4.78, 5) is 14.2. The van der Waals surface area contributed by atoms with Crippen molar-refractivity contribution in [2.24, 2.45) is 0 Å². The first-order valence-corrected chi connectivity index (χ1v) is 7.45. The maximum atomic E-state index is 11.9. The predicted octanol–water partition coefficient (Wildman–Crippen LogP) is 2.34. The zero-order valence-corrected chi connectivity index (χ0v) is 13.3. The first-order chi connectivity index (χ1) is 10.1. The number of amides is 1. The van der Waals surface area contributed by atoms with Gasteiger partial charge in [-0.15, -0.1) is 0 Å². The third-order valence-corrected chi connectivity index (χ3v) is 3.46. The van der Waals surface area contributed by atoms with Crippen LogP contribution in [-0.4, -0.2) is 43.7 Å². The van der Waals surface area contributed by atoms with E-state index >= 15 is 0 Å². The van der Waals surface area contributed by atoms with Crippen LogP contribution in [0.1, 0.15) is 26.7 Å². The maximum absolute atomic E-state index is 11.9. The van der Waals surface area contributed by atoms with E-state index in [0.29, 0.717) is 24.8 Å². The molecular formula is C16H27N3O2.